The molecule has 7 heteroatoms. The van der Waals surface area contributed by atoms with Crippen LogP contribution in [0.2, 0.25) is 0 Å². The molecule has 26 heavy (non-hydrogen) atoms. The average Bonchev–Trinajstić information content (AvgIpc) is 3.20. The average molecular weight is 356 g/mol. The molecule has 140 valence electrons. The lowest BCUT2D eigenvalue weighted by molar-refractivity contribution is -0.135. The minimum absolute atomic E-state index is 0.125. The lowest BCUT2D eigenvalue weighted by atomic mass is 9.98. The van der Waals surface area contributed by atoms with E-state index in [0.717, 1.165) is 63.3 Å². The Kier molecular flexibility index (Phi) is 5.06. The first-order chi connectivity index (χ1) is 12.7. The third-order valence-corrected chi connectivity index (χ3v) is 5.44. The molecule has 0 aliphatic carbocycles. The molecule has 0 bridgehead atoms. The summed E-state index contributed by atoms with van der Waals surface area (Å²) in [6, 6.07) is 4.31. The highest BCUT2D eigenvalue weighted by Gasteiger charge is 2.29. The number of hydrogen-bond acceptors (Lipinski definition) is 4. The zero-order chi connectivity index (χ0) is 17.9. The molecule has 1 saturated heterocycles. The van der Waals surface area contributed by atoms with Gasteiger partial charge in [-0.2, -0.15) is 10.2 Å². The van der Waals surface area contributed by atoms with Crippen molar-refractivity contribution in [3.05, 3.63) is 35.4 Å². The number of fused-ring (bicyclic) bond motifs is 1. The molecule has 1 atom stereocenters. The van der Waals surface area contributed by atoms with Crippen LogP contribution in [0.1, 0.15) is 55.2 Å². The molecule has 1 amide bonds. The van der Waals surface area contributed by atoms with Crippen LogP contribution < -0.4 is 5.32 Å². The van der Waals surface area contributed by atoms with E-state index in [9.17, 15) is 4.79 Å². The summed E-state index contributed by atoms with van der Waals surface area (Å²) in [7, 11) is 1.93. The third kappa shape index (κ3) is 3.67. The summed E-state index contributed by atoms with van der Waals surface area (Å²) in [6.07, 6.45) is 7.54. The lowest BCUT2D eigenvalue weighted by Gasteiger charge is -2.34. The number of amides is 1. The van der Waals surface area contributed by atoms with Crippen LogP contribution >= 0.6 is 0 Å². The van der Waals surface area contributed by atoms with Crippen LogP contribution in [0.5, 0.6) is 0 Å². The highest BCUT2D eigenvalue weighted by Crippen LogP contribution is 2.30. The van der Waals surface area contributed by atoms with Gasteiger partial charge in [0.15, 0.2) is 0 Å². The van der Waals surface area contributed by atoms with E-state index in [4.69, 9.17) is 5.10 Å². The van der Waals surface area contributed by atoms with E-state index < -0.39 is 0 Å². The molecule has 0 aromatic carbocycles. The quantitative estimate of drug-likeness (QED) is 0.907. The predicted molar refractivity (Wildman–Crippen MR) is 98.4 cm³/mol. The van der Waals surface area contributed by atoms with Crippen LogP contribution in [0.3, 0.4) is 0 Å². The second-order valence-electron chi connectivity index (χ2n) is 7.39. The fraction of sp³-hybridized carbons (Fsp3) is 0.632. The third-order valence-electron chi connectivity index (χ3n) is 5.44. The molecule has 0 spiro atoms. The minimum atomic E-state index is 0.125. The molecule has 1 N–H and O–H groups in total. The normalized spacial score (nSPS) is 20.7. The Bertz CT molecular complexity index is 740. The number of aryl methyl sites for hydroxylation is 3. The molecular formula is C19H28N6O. The fourth-order valence-corrected chi connectivity index (χ4v) is 4.07. The minimum Gasteiger partial charge on any atom is -0.334 e. The van der Waals surface area contributed by atoms with Crippen molar-refractivity contribution >= 4 is 5.91 Å². The zero-order valence-electron chi connectivity index (χ0n) is 15.5. The zero-order valence-corrected chi connectivity index (χ0v) is 15.5. The fourth-order valence-electron chi connectivity index (χ4n) is 4.07. The van der Waals surface area contributed by atoms with Crippen molar-refractivity contribution in [2.75, 3.05) is 13.1 Å². The van der Waals surface area contributed by atoms with Gasteiger partial charge in [0.2, 0.25) is 5.91 Å². The van der Waals surface area contributed by atoms with Crippen LogP contribution in [0.4, 0.5) is 0 Å². The van der Waals surface area contributed by atoms with Gasteiger partial charge in [-0.05, 0) is 44.4 Å². The van der Waals surface area contributed by atoms with Crippen molar-refractivity contribution in [1.29, 1.82) is 0 Å². The predicted octanol–water partition coefficient (Wildman–Crippen LogP) is 1.80. The number of likely N-dealkylation sites (tertiary alicyclic amines) is 1. The summed E-state index contributed by atoms with van der Waals surface area (Å²) in [4.78, 5) is 14.9. The highest BCUT2D eigenvalue weighted by atomic mass is 16.2. The van der Waals surface area contributed by atoms with E-state index in [1.807, 2.05) is 28.9 Å². The van der Waals surface area contributed by atoms with Gasteiger partial charge in [0.1, 0.15) is 0 Å². The van der Waals surface area contributed by atoms with Gasteiger partial charge in [0.05, 0.1) is 23.1 Å². The van der Waals surface area contributed by atoms with Crippen molar-refractivity contribution < 1.29 is 4.79 Å². The Balaban J connectivity index is 1.40. The maximum atomic E-state index is 12.9. The van der Waals surface area contributed by atoms with E-state index in [0.29, 0.717) is 12.8 Å². The molecule has 4 heterocycles. The largest absolute Gasteiger partial charge is 0.334 e. The lowest BCUT2D eigenvalue weighted by Crippen LogP contribution is -2.38. The molecular weight excluding hydrogens is 328 g/mol. The van der Waals surface area contributed by atoms with Gasteiger partial charge in [0, 0.05) is 45.7 Å². The van der Waals surface area contributed by atoms with Crippen LogP contribution in [0.15, 0.2) is 18.3 Å². The van der Waals surface area contributed by atoms with Crippen molar-refractivity contribution in [3.8, 4) is 0 Å². The van der Waals surface area contributed by atoms with Gasteiger partial charge in [-0.1, -0.05) is 0 Å². The summed E-state index contributed by atoms with van der Waals surface area (Å²) < 4.78 is 3.91. The number of nitrogens with zero attached hydrogens (tertiary/aromatic N) is 5. The number of nitrogens with one attached hydrogen (secondary N) is 1. The summed E-state index contributed by atoms with van der Waals surface area (Å²) in [5.74, 6) is 0.224. The standard InChI is InChI=1S/C19H28N6O/c1-23-12-8-17(22-23)18-5-2-3-10-24(18)19(26)7-6-15-13-16-14-20-9-4-11-25(16)21-15/h8,12-13,18,20H,2-7,9-11,14H2,1H3. The maximum absolute atomic E-state index is 12.9. The number of hydrogen-bond donors (Lipinski definition) is 1. The van der Waals surface area contributed by atoms with E-state index in [-0.39, 0.29) is 11.9 Å². The molecule has 4 rings (SSSR count). The van der Waals surface area contributed by atoms with Gasteiger partial charge in [-0.25, -0.2) is 0 Å². The molecule has 1 unspecified atom stereocenters. The molecule has 0 radical (unpaired) electrons. The van der Waals surface area contributed by atoms with Crippen molar-refractivity contribution in [1.82, 2.24) is 29.8 Å². The van der Waals surface area contributed by atoms with Crippen LogP contribution in [-0.2, 0) is 31.4 Å². The molecule has 1 fully saturated rings. The Morgan fingerprint density at radius 2 is 2.19 bits per heavy atom. The molecule has 2 aliphatic heterocycles. The monoisotopic (exact) mass is 356 g/mol. The number of aromatic nitrogens is 4. The number of rotatable bonds is 4. The summed E-state index contributed by atoms with van der Waals surface area (Å²) >= 11 is 0. The van der Waals surface area contributed by atoms with E-state index in [1.165, 1.54) is 5.69 Å². The second kappa shape index (κ2) is 7.61. The Morgan fingerprint density at radius 3 is 3.04 bits per heavy atom. The Morgan fingerprint density at radius 1 is 1.27 bits per heavy atom. The molecule has 2 aromatic heterocycles. The first-order valence-electron chi connectivity index (χ1n) is 9.76. The molecule has 2 aromatic rings. The first kappa shape index (κ1) is 17.3. The van der Waals surface area contributed by atoms with Gasteiger partial charge in [-0.3, -0.25) is 14.2 Å². The van der Waals surface area contributed by atoms with Crippen LogP contribution in [-0.4, -0.2) is 43.5 Å². The smallest absolute Gasteiger partial charge is 0.223 e. The van der Waals surface area contributed by atoms with Gasteiger partial charge in [0.25, 0.3) is 0 Å². The van der Waals surface area contributed by atoms with E-state index in [2.05, 4.69) is 21.2 Å². The Labute approximate surface area is 154 Å². The van der Waals surface area contributed by atoms with Crippen molar-refractivity contribution in [2.45, 2.75) is 57.7 Å². The SMILES string of the molecule is Cn1ccc(C2CCCCN2C(=O)CCc2cc3n(n2)CCCNC3)n1. The summed E-state index contributed by atoms with van der Waals surface area (Å²) in [6.45, 7) is 3.71. The molecule has 0 saturated carbocycles. The number of carbonyl (C=O) groups is 1. The Hall–Kier alpha value is -2.15. The number of carbonyl (C=O) groups excluding carboxylic acids is 1. The van der Waals surface area contributed by atoms with E-state index in [1.54, 1.807) is 0 Å². The van der Waals surface area contributed by atoms with Crippen LogP contribution in [0.25, 0.3) is 0 Å². The highest BCUT2D eigenvalue weighted by molar-refractivity contribution is 5.77. The van der Waals surface area contributed by atoms with Crippen LogP contribution in [0, 0.1) is 0 Å². The first-order valence-corrected chi connectivity index (χ1v) is 9.76. The second-order valence-corrected chi connectivity index (χ2v) is 7.39. The van der Waals surface area contributed by atoms with Crippen molar-refractivity contribution in [3.63, 3.8) is 0 Å². The maximum Gasteiger partial charge on any atom is 0.223 e. The number of piperidine rings is 1. The van der Waals surface area contributed by atoms with Gasteiger partial charge in [-0.15, -0.1) is 0 Å². The van der Waals surface area contributed by atoms with Gasteiger partial charge < -0.3 is 10.2 Å². The summed E-state index contributed by atoms with van der Waals surface area (Å²) in [5, 5.41) is 12.7. The van der Waals surface area contributed by atoms with Crippen molar-refractivity contribution in [2.24, 2.45) is 7.05 Å². The topological polar surface area (TPSA) is 68.0 Å². The van der Waals surface area contributed by atoms with E-state index >= 15 is 0 Å². The summed E-state index contributed by atoms with van der Waals surface area (Å²) in [5.41, 5.74) is 3.28. The molecule has 7 nitrogen and oxygen atoms in total. The molecule has 2 aliphatic rings. The van der Waals surface area contributed by atoms with Gasteiger partial charge >= 0.3 is 0 Å².